The number of methoxy groups -OCH3 is 1. The minimum Gasteiger partial charge on any atom is -0.481 e. The lowest BCUT2D eigenvalue weighted by atomic mass is 9.34. The van der Waals surface area contributed by atoms with E-state index in [1.54, 1.807) is 7.11 Å². The molecule has 198 valence electrons. The highest BCUT2D eigenvalue weighted by Gasteiger charge is 2.67. The zero-order valence-corrected chi connectivity index (χ0v) is 22.9. The van der Waals surface area contributed by atoms with Gasteiger partial charge in [-0.15, -0.1) is 0 Å². The lowest BCUT2D eigenvalue weighted by molar-refractivity contribution is -0.178. The highest BCUT2D eigenvalue weighted by atomic mass is 16.5. The maximum atomic E-state index is 12.3. The molecule has 0 unspecified atom stereocenters. The molecule has 5 rings (SSSR count). The minimum atomic E-state index is -1.06. The Morgan fingerprint density at radius 1 is 0.972 bits per heavy atom. The number of aliphatic hydroxyl groups is 1. The van der Waals surface area contributed by atoms with E-state index in [2.05, 4.69) is 45.0 Å². The van der Waals surface area contributed by atoms with Crippen molar-refractivity contribution in [3.05, 3.63) is 34.9 Å². The molecule has 3 saturated carbocycles. The SMILES string of the molecule is CO[C@@]1(C)C2=CC=C3[C@@](C)(CC[C@@]4(C)[C@@H]5C[C@](C)(C(=O)O)CC[C@]5(C)CC[C@]34C)C2=CC(=NO)[C@@H]1O. The predicted octanol–water partition coefficient (Wildman–Crippen LogP) is 5.89. The summed E-state index contributed by atoms with van der Waals surface area (Å²) in [4.78, 5) is 12.3. The van der Waals surface area contributed by atoms with Gasteiger partial charge in [-0.2, -0.15) is 0 Å². The van der Waals surface area contributed by atoms with Crippen molar-refractivity contribution in [3.8, 4) is 0 Å². The van der Waals surface area contributed by atoms with Gasteiger partial charge >= 0.3 is 5.97 Å². The Morgan fingerprint density at radius 2 is 1.64 bits per heavy atom. The van der Waals surface area contributed by atoms with E-state index in [0.717, 1.165) is 56.1 Å². The van der Waals surface area contributed by atoms with E-state index in [1.165, 1.54) is 5.57 Å². The molecular formula is C30H43NO5. The van der Waals surface area contributed by atoms with Crippen LogP contribution in [-0.2, 0) is 9.53 Å². The number of carbonyl (C=O) groups is 1. The van der Waals surface area contributed by atoms with Crippen LogP contribution >= 0.6 is 0 Å². The van der Waals surface area contributed by atoms with Gasteiger partial charge in [0.1, 0.15) is 17.4 Å². The van der Waals surface area contributed by atoms with E-state index in [9.17, 15) is 20.2 Å². The number of nitrogens with zero attached hydrogens (tertiary/aromatic N) is 1. The molecule has 0 aliphatic heterocycles. The number of rotatable bonds is 2. The van der Waals surface area contributed by atoms with Gasteiger partial charge in [0, 0.05) is 12.5 Å². The fraction of sp³-hybridized carbons (Fsp3) is 0.733. The lowest BCUT2D eigenvalue weighted by Crippen LogP contribution is -2.63. The van der Waals surface area contributed by atoms with Crippen molar-refractivity contribution in [2.45, 2.75) is 98.2 Å². The standard InChI is InChI=1S/C30H43NO5/c1-25-10-11-26(2,24(33)34)17-22(25)29(5)15-13-27(3)19-16-20(31-35)23(32)30(6,36-7)18(19)8-9-21(27)28(29,4)14-12-25/h8-9,16,22-23,32,35H,10-15,17H2,1-7H3,(H,33,34)/t22-,23+,25-,26-,27+,28-,29+,30+/m1/s1. The fourth-order valence-electron chi connectivity index (χ4n) is 9.21. The molecule has 0 aromatic heterocycles. The first-order chi connectivity index (χ1) is 16.7. The molecule has 0 radical (unpaired) electrons. The van der Waals surface area contributed by atoms with Crippen LogP contribution in [0.1, 0.15) is 86.5 Å². The molecule has 0 spiro atoms. The summed E-state index contributed by atoms with van der Waals surface area (Å²) in [6, 6.07) is 0. The van der Waals surface area contributed by atoms with Crippen LogP contribution in [0.4, 0.5) is 0 Å². The molecule has 0 amide bonds. The maximum Gasteiger partial charge on any atom is 0.309 e. The summed E-state index contributed by atoms with van der Waals surface area (Å²) in [7, 11) is 1.59. The molecule has 0 heterocycles. The van der Waals surface area contributed by atoms with Gasteiger partial charge in [0.2, 0.25) is 0 Å². The van der Waals surface area contributed by atoms with Crippen LogP contribution in [0.2, 0.25) is 0 Å². The second-order valence-electron chi connectivity index (χ2n) is 13.8. The largest absolute Gasteiger partial charge is 0.481 e. The zero-order valence-electron chi connectivity index (χ0n) is 22.9. The number of fused-ring (bicyclic) bond motifs is 7. The molecule has 6 nitrogen and oxygen atoms in total. The predicted molar refractivity (Wildman–Crippen MR) is 139 cm³/mol. The first kappa shape index (κ1) is 25.7. The third-order valence-corrected chi connectivity index (χ3v) is 12.3. The van der Waals surface area contributed by atoms with Crippen molar-refractivity contribution in [1.29, 1.82) is 0 Å². The molecule has 5 aliphatic carbocycles. The van der Waals surface area contributed by atoms with Crippen LogP contribution in [0.3, 0.4) is 0 Å². The third-order valence-electron chi connectivity index (χ3n) is 12.3. The van der Waals surface area contributed by atoms with Crippen LogP contribution in [0, 0.1) is 33.0 Å². The quantitative estimate of drug-likeness (QED) is 0.326. The molecule has 0 aromatic carbocycles. The zero-order chi connectivity index (χ0) is 26.5. The van der Waals surface area contributed by atoms with Crippen molar-refractivity contribution in [2.24, 2.45) is 38.1 Å². The summed E-state index contributed by atoms with van der Waals surface area (Å²) < 4.78 is 5.86. The van der Waals surface area contributed by atoms with E-state index in [-0.39, 0.29) is 27.4 Å². The Morgan fingerprint density at radius 3 is 2.25 bits per heavy atom. The van der Waals surface area contributed by atoms with Crippen LogP contribution in [0.25, 0.3) is 0 Å². The van der Waals surface area contributed by atoms with Gasteiger partial charge in [-0.3, -0.25) is 4.79 Å². The van der Waals surface area contributed by atoms with Gasteiger partial charge < -0.3 is 20.2 Å². The monoisotopic (exact) mass is 497 g/mol. The van der Waals surface area contributed by atoms with Crippen molar-refractivity contribution in [2.75, 3.05) is 7.11 Å². The van der Waals surface area contributed by atoms with Crippen molar-refractivity contribution in [1.82, 2.24) is 0 Å². The molecule has 0 saturated heterocycles. The summed E-state index contributed by atoms with van der Waals surface area (Å²) in [5, 5.41) is 34.3. The Labute approximate surface area is 215 Å². The van der Waals surface area contributed by atoms with Gasteiger partial charge in [0.25, 0.3) is 0 Å². The third kappa shape index (κ3) is 2.92. The number of hydrogen-bond acceptors (Lipinski definition) is 5. The number of oxime groups is 1. The second-order valence-corrected chi connectivity index (χ2v) is 13.8. The first-order valence-electron chi connectivity index (χ1n) is 13.5. The molecule has 36 heavy (non-hydrogen) atoms. The normalized spacial score (nSPS) is 51.1. The highest BCUT2D eigenvalue weighted by Crippen LogP contribution is 2.75. The molecule has 0 bridgehead atoms. The van der Waals surface area contributed by atoms with Gasteiger partial charge in [-0.25, -0.2) is 0 Å². The van der Waals surface area contributed by atoms with E-state index < -0.39 is 23.1 Å². The molecule has 0 aromatic rings. The Hall–Kier alpha value is -1.92. The molecule has 5 aliphatic rings. The number of hydrogen-bond donors (Lipinski definition) is 3. The highest BCUT2D eigenvalue weighted by molar-refractivity contribution is 6.03. The Balaban J connectivity index is 1.66. The molecular weight excluding hydrogens is 454 g/mol. The summed E-state index contributed by atoms with van der Waals surface area (Å²) in [5.74, 6) is -0.332. The van der Waals surface area contributed by atoms with E-state index in [1.807, 2.05) is 19.9 Å². The number of ether oxygens (including phenoxy) is 1. The Kier molecular flexibility index (Phi) is 5.40. The molecule has 8 atom stereocenters. The topological polar surface area (TPSA) is 99.4 Å². The van der Waals surface area contributed by atoms with Gasteiger partial charge in [0.15, 0.2) is 0 Å². The minimum absolute atomic E-state index is 0.0268. The van der Waals surface area contributed by atoms with Crippen LogP contribution in [0.5, 0.6) is 0 Å². The number of aliphatic carboxylic acids is 1. The van der Waals surface area contributed by atoms with Gasteiger partial charge in [0.05, 0.1) is 5.41 Å². The van der Waals surface area contributed by atoms with Crippen molar-refractivity contribution >= 4 is 11.7 Å². The molecule has 3 fully saturated rings. The number of allylic oxidation sites excluding steroid dienone is 3. The number of carboxylic acids is 1. The summed E-state index contributed by atoms with van der Waals surface area (Å²) in [6.45, 7) is 13.4. The van der Waals surface area contributed by atoms with Crippen LogP contribution < -0.4 is 0 Å². The lowest BCUT2D eigenvalue weighted by Gasteiger charge is -2.70. The van der Waals surface area contributed by atoms with E-state index in [0.29, 0.717) is 5.92 Å². The summed E-state index contributed by atoms with van der Waals surface area (Å²) >= 11 is 0. The van der Waals surface area contributed by atoms with Crippen molar-refractivity contribution in [3.63, 3.8) is 0 Å². The maximum absolute atomic E-state index is 12.3. The second kappa shape index (κ2) is 7.57. The fourth-order valence-corrected chi connectivity index (χ4v) is 9.21. The molecule has 3 N–H and O–H groups in total. The van der Waals surface area contributed by atoms with Gasteiger partial charge in [-0.05, 0) is 98.2 Å². The Bertz CT molecular complexity index is 1140. The van der Waals surface area contributed by atoms with Crippen LogP contribution in [-0.4, -0.2) is 45.9 Å². The molecule has 6 heteroatoms. The first-order valence-corrected chi connectivity index (χ1v) is 13.5. The van der Waals surface area contributed by atoms with Crippen LogP contribution in [0.15, 0.2) is 40.1 Å². The van der Waals surface area contributed by atoms with Gasteiger partial charge in [-0.1, -0.05) is 50.6 Å². The summed E-state index contributed by atoms with van der Waals surface area (Å²) in [6.07, 6.45) is 11.7. The number of aliphatic hydroxyl groups excluding tert-OH is 1. The van der Waals surface area contributed by atoms with E-state index >= 15 is 0 Å². The smallest absolute Gasteiger partial charge is 0.309 e. The average molecular weight is 498 g/mol. The average Bonchev–Trinajstić information content (AvgIpc) is 2.84. The van der Waals surface area contributed by atoms with Crippen molar-refractivity contribution < 1.29 is 25.0 Å². The van der Waals surface area contributed by atoms with E-state index in [4.69, 9.17) is 4.74 Å². The summed E-state index contributed by atoms with van der Waals surface area (Å²) in [5.41, 5.74) is 1.70. The number of carboxylic acid groups (broad SMARTS) is 1.